The topological polar surface area (TPSA) is 166 Å². The molecule has 0 radical (unpaired) electrons. The van der Waals surface area contributed by atoms with Crippen molar-refractivity contribution < 1.29 is 14.6 Å². The zero-order valence-electron chi connectivity index (χ0n) is 19.9. The molecule has 37 heavy (non-hydrogen) atoms. The summed E-state index contributed by atoms with van der Waals surface area (Å²) in [6.45, 7) is 1.37. The molecule has 0 aliphatic carbocycles. The molecule has 11 heteroatoms. The number of ether oxygens (including phenoxy) is 1. The third-order valence-corrected chi connectivity index (χ3v) is 6.45. The normalized spacial score (nSPS) is 14.7. The van der Waals surface area contributed by atoms with Crippen LogP contribution >= 0.6 is 0 Å². The van der Waals surface area contributed by atoms with Gasteiger partial charge in [-0.3, -0.25) is 9.78 Å². The summed E-state index contributed by atoms with van der Waals surface area (Å²) in [5.74, 6) is -0.767. The molecule has 0 spiro atoms. The molecule has 1 saturated heterocycles. The van der Waals surface area contributed by atoms with Crippen LogP contribution in [0, 0.1) is 11.3 Å². The van der Waals surface area contributed by atoms with Gasteiger partial charge in [0, 0.05) is 29.9 Å². The molecule has 0 bridgehead atoms. The highest BCUT2D eigenvalue weighted by Gasteiger charge is 2.38. The Morgan fingerprint density at radius 1 is 1.08 bits per heavy atom. The molecule has 3 aromatic heterocycles. The van der Waals surface area contributed by atoms with E-state index in [0.717, 1.165) is 17.0 Å². The smallest absolute Gasteiger partial charge is 0.304 e. The van der Waals surface area contributed by atoms with Gasteiger partial charge < -0.3 is 15.6 Å². The molecule has 11 nitrogen and oxygen atoms in total. The Morgan fingerprint density at radius 3 is 2.65 bits per heavy atom. The Morgan fingerprint density at radius 2 is 1.86 bits per heavy atom. The van der Waals surface area contributed by atoms with E-state index in [4.69, 9.17) is 15.5 Å². The van der Waals surface area contributed by atoms with Gasteiger partial charge in [0.2, 0.25) is 5.95 Å². The van der Waals surface area contributed by atoms with Crippen molar-refractivity contribution in [3.8, 4) is 28.7 Å². The summed E-state index contributed by atoms with van der Waals surface area (Å²) < 4.78 is 7.12. The number of aromatic nitrogens is 6. The van der Waals surface area contributed by atoms with Gasteiger partial charge in [-0.25, -0.2) is 14.6 Å². The van der Waals surface area contributed by atoms with Gasteiger partial charge in [0.15, 0.2) is 0 Å². The van der Waals surface area contributed by atoms with Gasteiger partial charge >= 0.3 is 5.97 Å². The molecule has 4 heterocycles. The minimum absolute atomic E-state index is 0.00896. The minimum Gasteiger partial charge on any atom is -0.481 e. The molecule has 4 aromatic rings. The fraction of sp³-hybridized carbons (Fsp3) is 0.269. The van der Waals surface area contributed by atoms with E-state index >= 15 is 0 Å². The molecule has 1 aliphatic heterocycles. The van der Waals surface area contributed by atoms with Crippen LogP contribution in [0.5, 0.6) is 0 Å². The van der Waals surface area contributed by atoms with Crippen LogP contribution in [0.1, 0.15) is 36.2 Å². The van der Waals surface area contributed by atoms with Gasteiger partial charge in [0.25, 0.3) is 0 Å². The Bertz CT molecular complexity index is 1490. The predicted octanol–water partition coefficient (Wildman–Crippen LogP) is 2.82. The van der Waals surface area contributed by atoms with Crippen LogP contribution in [0.4, 0.5) is 5.95 Å². The molecule has 1 fully saturated rings. The highest BCUT2D eigenvalue weighted by molar-refractivity contribution is 5.69. The van der Waals surface area contributed by atoms with Gasteiger partial charge in [0.1, 0.15) is 5.69 Å². The zero-order valence-corrected chi connectivity index (χ0v) is 19.9. The Labute approximate surface area is 212 Å². The first-order valence-corrected chi connectivity index (χ1v) is 11.8. The van der Waals surface area contributed by atoms with Crippen molar-refractivity contribution >= 4 is 11.9 Å². The number of aliphatic carboxylic acids is 1. The number of carboxylic acids is 1. The first kappa shape index (κ1) is 24.0. The number of carboxylic acid groups (broad SMARTS) is 1. The maximum atomic E-state index is 11.6. The number of hydrogen-bond donors (Lipinski definition) is 2. The summed E-state index contributed by atoms with van der Waals surface area (Å²) in [5.41, 5.74) is 9.75. The largest absolute Gasteiger partial charge is 0.481 e. The number of nitriles is 1. The van der Waals surface area contributed by atoms with Crippen LogP contribution in [0.25, 0.3) is 22.6 Å². The number of nitrogen functional groups attached to an aromatic ring is 1. The van der Waals surface area contributed by atoms with Crippen LogP contribution in [-0.4, -0.2) is 54.2 Å². The third kappa shape index (κ3) is 5.29. The van der Waals surface area contributed by atoms with Crippen molar-refractivity contribution in [3.05, 3.63) is 71.7 Å². The second-order valence-corrected chi connectivity index (χ2v) is 8.97. The highest BCUT2D eigenvalue weighted by atomic mass is 16.5. The average molecular weight is 497 g/mol. The first-order chi connectivity index (χ1) is 17.9. The van der Waals surface area contributed by atoms with Crippen LogP contribution < -0.4 is 5.73 Å². The third-order valence-electron chi connectivity index (χ3n) is 6.45. The number of rotatable bonds is 7. The van der Waals surface area contributed by atoms with Crippen molar-refractivity contribution in [1.82, 2.24) is 29.9 Å². The van der Waals surface area contributed by atoms with E-state index < -0.39 is 11.4 Å². The number of hydrogen-bond acceptors (Lipinski definition) is 9. The molecule has 1 aliphatic rings. The summed E-state index contributed by atoms with van der Waals surface area (Å²) in [7, 11) is 0. The molecule has 1 aromatic carbocycles. The van der Waals surface area contributed by atoms with Crippen LogP contribution in [0.15, 0.2) is 54.7 Å². The summed E-state index contributed by atoms with van der Waals surface area (Å²) in [6, 6.07) is 16.6. The van der Waals surface area contributed by atoms with Gasteiger partial charge in [0.05, 0.1) is 47.9 Å². The van der Waals surface area contributed by atoms with Crippen LogP contribution in [-0.2, 0) is 21.5 Å². The molecular weight excluding hydrogens is 472 g/mol. The van der Waals surface area contributed by atoms with Crippen molar-refractivity contribution in [2.75, 3.05) is 18.9 Å². The average Bonchev–Trinajstić information content (AvgIpc) is 3.37. The minimum atomic E-state index is -0.849. The summed E-state index contributed by atoms with van der Waals surface area (Å²) in [5, 5.41) is 27.2. The maximum Gasteiger partial charge on any atom is 0.304 e. The monoisotopic (exact) mass is 496 g/mol. The Balaban J connectivity index is 1.40. The van der Waals surface area contributed by atoms with E-state index in [0.29, 0.717) is 55.2 Å². The van der Waals surface area contributed by atoms with E-state index in [1.807, 2.05) is 24.3 Å². The number of carbonyl (C=O) groups is 1. The van der Waals surface area contributed by atoms with Crippen molar-refractivity contribution in [2.24, 2.45) is 0 Å². The lowest BCUT2D eigenvalue weighted by atomic mass is 9.74. The lowest BCUT2D eigenvalue weighted by Gasteiger charge is -2.35. The number of anilines is 1. The second-order valence-electron chi connectivity index (χ2n) is 8.97. The van der Waals surface area contributed by atoms with E-state index in [1.54, 1.807) is 35.1 Å². The predicted molar refractivity (Wildman–Crippen MR) is 133 cm³/mol. The molecule has 0 unspecified atom stereocenters. The quantitative estimate of drug-likeness (QED) is 0.388. The van der Waals surface area contributed by atoms with Crippen molar-refractivity contribution in [1.29, 1.82) is 5.26 Å². The van der Waals surface area contributed by atoms with Crippen molar-refractivity contribution in [3.63, 3.8) is 0 Å². The highest BCUT2D eigenvalue weighted by Crippen LogP contribution is 2.37. The van der Waals surface area contributed by atoms with Gasteiger partial charge in [-0.05, 0) is 43.2 Å². The van der Waals surface area contributed by atoms with Crippen molar-refractivity contribution in [2.45, 2.75) is 31.2 Å². The number of benzene rings is 1. The lowest BCUT2D eigenvalue weighted by molar-refractivity contribution is -0.139. The fourth-order valence-electron chi connectivity index (χ4n) is 4.59. The molecule has 186 valence electrons. The summed E-state index contributed by atoms with van der Waals surface area (Å²) in [4.78, 5) is 25.0. The van der Waals surface area contributed by atoms with E-state index in [9.17, 15) is 15.2 Å². The number of pyridine rings is 1. The summed E-state index contributed by atoms with van der Waals surface area (Å²) in [6.07, 6.45) is 2.97. The number of nitrogens with zero attached hydrogens (tertiary/aromatic N) is 7. The van der Waals surface area contributed by atoms with Gasteiger partial charge in [-0.1, -0.05) is 23.4 Å². The molecule has 3 N–H and O–H groups in total. The molecule has 5 rings (SSSR count). The summed E-state index contributed by atoms with van der Waals surface area (Å²) >= 11 is 0. The lowest BCUT2D eigenvalue weighted by Crippen LogP contribution is -2.37. The van der Waals surface area contributed by atoms with Gasteiger partial charge in [-0.2, -0.15) is 5.26 Å². The molecule has 0 amide bonds. The second kappa shape index (κ2) is 10.1. The molecule has 0 saturated carbocycles. The number of nitrogens with two attached hydrogens (primary N) is 1. The SMILES string of the molecule is N#Cc1cccc(-c2cc(-c3cn(Cc4cccc(C5(CC(=O)O)CCOCC5)n4)nn3)nc(N)n2)c1. The first-order valence-electron chi connectivity index (χ1n) is 11.8. The van der Waals surface area contributed by atoms with E-state index in [1.165, 1.54) is 0 Å². The molecule has 0 atom stereocenters. The van der Waals surface area contributed by atoms with E-state index in [2.05, 4.69) is 26.3 Å². The Kier molecular flexibility index (Phi) is 6.57. The van der Waals surface area contributed by atoms with Gasteiger partial charge in [-0.15, -0.1) is 5.10 Å². The van der Waals surface area contributed by atoms with Crippen LogP contribution in [0.2, 0.25) is 0 Å². The van der Waals surface area contributed by atoms with E-state index in [-0.39, 0.29) is 12.4 Å². The standard InChI is InChI=1S/C26H24N8O3/c27-14-17-3-1-4-18(11-17)20-12-21(31-25(28)30-20)22-16-34(33-32-22)15-19-5-2-6-23(29-19)26(13-24(35)36)7-9-37-10-8-26/h1-6,11-12,16H,7-10,13,15H2,(H,35,36)(H2,28,30,31). The fourth-order valence-corrected chi connectivity index (χ4v) is 4.59. The maximum absolute atomic E-state index is 11.6. The van der Waals surface area contributed by atoms with Crippen LogP contribution in [0.3, 0.4) is 0 Å². The zero-order chi connectivity index (χ0) is 25.8. The Hall–Kier alpha value is -4.69. The molecular formula is C26H24N8O3.